The summed E-state index contributed by atoms with van der Waals surface area (Å²) in [4.78, 5) is 10.0. The Bertz CT molecular complexity index is 286. The van der Waals surface area contributed by atoms with Gasteiger partial charge in [-0.3, -0.25) is 9.48 Å². The summed E-state index contributed by atoms with van der Waals surface area (Å²) >= 11 is 0. The van der Waals surface area contributed by atoms with E-state index in [2.05, 4.69) is 18.9 Å². The van der Waals surface area contributed by atoms with Crippen LogP contribution in [0.1, 0.15) is 25.5 Å². The summed E-state index contributed by atoms with van der Waals surface area (Å²) in [6.07, 6.45) is 7.60. The molecule has 1 aromatic heterocycles. The highest BCUT2D eigenvalue weighted by atomic mass is 16.1. The summed E-state index contributed by atoms with van der Waals surface area (Å²) in [6.45, 7) is 4.11. The van der Waals surface area contributed by atoms with Crippen molar-refractivity contribution in [1.82, 2.24) is 9.78 Å². The molecule has 0 spiro atoms. The van der Waals surface area contributed by atoms with Crippen LogP contribution in [0.5, 0.6) is 0 Å². The maximum absolute atomic E-state index is 10.0. The van der Waals surface area contributed by atoms with E-state index in [-0.39, 0.29) is 0 Å². The van der Waals surface area contributed by atoms with Crippen LogP contribution >= 0.6 is 0 Å². The van der Waals surface area contributed by atoms with Crippen LogP contribution in [0.4, 0.5) is 0 Å². The number of carbonyl (C=O) groups is 1. The molecule has 0 aliphatic heterocycles. The van der Waals surface area contributed by atoms with Crippen LogP contribution in [0.2, 0.25) is 0 Å². The minimum atomic E-state index is 0.364. The third kappa shape index (κ3) is 2.05. The van der Waals surface area contributed by atoms with Crippen molar-refractivity contribution in [2.24, 2.45) is 0 Å². The molecule has 1 aromatic rings. The predicted molar refractivity (Wildman–Crippen MR) is 47.7 cm³/mol. The first-order valence-electron chi connectivity index (χ1n) is 3.90. The molecule has 3 nitrogen and oxygen atoms in total. The third-order valence-electron chi connectivity index (χ3n) is 1.52. The smallest absolute Gasteiger partial charge is 0.142 e. The van der Waals surface area contributed by atoms with Crippen molar-refractivity contribution in [3.63, 3.8) is 0 Å². The van der Waals surface area contributed by atoms with E-state index in [0.717, 1.165) is 11.8 Å². The van der Waals surface area contributed by atoms with Gasteiger partial charge in [-0.1, -0.05) is 0 Å². The molecular weight excluding hydrogens is 152 g/mol. The molecule has 64 valence electrons. The molecule has 0 saturated carbocycles. The van der Waals surface area contributed by atoms with Crippen molar-refractivity contribution in [3.05, 3.63) is 24.0 Å². The summed E-state index contributed by atoms with van der Waals surface area (Å²) in [7, 11) is 0. The van der Waals surface area contributed by atoms with Crippen LogP contribution < -0.4 is 0 Å². The summed E-state index contributed by atoms with van der Waals surface area (Å²) < 4.78 is 1.85. The van der Waals surface area contributed by atoms with Crippen molar-refractivity contribution in [2.75, 3.05) is 0 Å². The fourth-order valence-electron chi connectivity index (χ4n) is 0.872. The number of aromatic nitrogens is 2. The Morgan fingerprint density at radius 1 is 1.58 bits per heavy atom. The third-order valence-corrected chi connectivity index (χ3v) is 1.52. The van der Waals surface area contributed by atoms with Crippen molar-refractivity contribution in [2.45, 2.75) is 19.9 Å². The minimum absolute atomic E-state index is 0.364. The number of carbonyl (C=O) groups excluding carboxylic acids is 1. The lowest BCUT2D eigenvalue weighted by Crippen LogP contribution is -1.99. The molecule has 0 amide bonds. The molecule has 1 heterocycles. The van der Waals surface area contributed by atoms with E-state index in [1.165, 1.54) is 6.08 Å². The average Bonchev–Trinajstić information content (AvgIpc) is 2.48. The van der Waals surface area contributed by atoms with Gasteiger partial charge in [0.15, 0.2) is 0 Å². The lowest BCUT2D eigenvalue weighted by atomic mass is 10.3. The molecule has 1 rings (SSSR count). The maximum atomic E-state index is 10.0. The van der Waals surface area contributed by atoms with Crippen LogP contribution in [0.15, 0.2) is 18.5 Å². The molecule has 0 atom stereocenters. The Morgan fingerprint density at radius 3 is 2.83 bits per heavy atom. The van der Waals surface area contributed by atoms with Gasteiger partial charge in [-0.05, 0) is 26.0 Å². The highest BCUT2D eigenvalue weighted by Crippen LogP contribution is 2.05. The summed E-state index contributed by atoms with van der Waals surface area (Å²) in [5.74, 6) is 0. The second-order valence-electron chi connectivity index (χ2n) is 2.84. The van der Waals surface area contributed by atoms with Crippen LogP contribution in [0, 0.1) is 0 Å². The number of hydrogen-bond donors (Lipinski definition) is 0. The van der Waals surface area contributed by atoms with Gasteiger partial charge in [-0.2, -0.15) is 5.10 Å². The van der Waals surface area contributed by atoms with Gasteiger partial charge in [0.2, 0.25) is 0 Å². The van der Waals surface area contributed by atoms with Crippen molar-refractivity contribution >= 4 is 12.4 Å². The maximum Gasteiger partial charge on any atom is 0.142 e. The van der Waals surface area contributed by atoms with Gasteiger partial charge in [0.1, 0.15) is 6.29 Å². The van der Waals surface area contributed by atoms with E-state index in [0.29, 0.717) is 6.04 Å². The van der Waals surface area contributed by atoms with Crippen LogP contribution in [-0.4, -0.2) is 16.1 Å². The lowest BCUT2D eigenvalue weighted by molar-refractivity contribution is -0.104. The minimum Gasteiger partial charge on any atom is -0.299 e. The Labute approximate surface area is 71.7 Å². The SMILES string of the molecule is CC(C)n1cc(C=CC=O)cn1. The van der Waals surface area contributed by atoms with Gasteiger partial charge in [-0.25, -0.2) is 0 Å². The molecule has 0 N–H and O–H groups in total. The first-order valence-corrected chi connectivity index (χ1v) is 3.90. The van der Waals surface area contributed by atoms with Gasteiger partial charge in [-0.15, -0.1) is 0 Å². The van der Waals surface area contributed by atoms with Crippen molar-refractivity contribution in [3.8, 4) is 0 Å². The summed E-state index contributed by atoms with van der Waals surface area (Å²) in [5, 5.41) is 4.12. The van der Waals surface area contributed by atoms with Crippen LogP contribution in [0.3, 0.4) is 0 Å². The van der Waals surface area contributed by atoms with E-state index in [1.807, 2.05) is 10.9 Å². The van der Waals surface area contributed by atoms with E-state index in [9.17, 15) is 4.79 Å². The average molecular weight is 164 g/mol. The molecule has 3 heteroatoms. The van der Waals surface area contributed by atoms with E-state index < -0.39 is 0 Å². The van der Waals surface area contributed by atoms with E-state index in [1.54, 1.807) is 12.3 Å². The number of aldehydes is 1. The zero-order valence-corrected chi connectivity index (χ0v) is 7.27. The molecule has 12 heavy (non-hydrogen) atoms. The Kier molecular flexibility index (Phi) is 2.80. The molecule has 0 saturated heterocycles. The van der Waals surface area contributed by atoms with Gasteiger partial charge in [0.25, 0.3) is 0 Å². The number of rotatable bonds is 3. The molecule has 0 fully saturated rings. The highest BCUT2D eigenvalue weighted by Gasteiger charge is 1.97. The zero-order valence-electron chi connectivity index (χ0n) is 7.27. The number of hydrogen-bond acceptors (Lipinski definition) is 2. The van der Waals surface area contributed by atoms with Crippen LogP contribution in [0.25, 0.3) is 6.08 Å². The largest absolute Gasteiger partial charge is 0.299 e. The quantitative estimate of drug-likeness (QED) is 0.503. The second-order valence-corrected chi connectivity index (χ2v) is 2.84. The molecule has 0 aromatic carbocycles. The summed E-state index contributed by atoms with van der Waals surface area (Å²) in [5.41, 5.74) is 0.954. The fourth-order valence-corrected chi connectivity index (χ4v) is 0.872. The molecule has 0 radical (unpaired) electrons. The topological polar surface area (TPSA) is 34.9 Å². The van der Waals surface area contributed by atoms with Gasteiger partial charge >= 0.3 is 0 Å². The molecule has 0 aliphatic carbocycles. The standard InChI is InChI=1S/C9H12N2O/c1-8(2)11-7-9(6-10-11)4-3-5-12/h3-8H,1-2H3. The van der Waals surface area contributed by atoms with Gasteiger partial charge in [0.05, 0.1) is 6.20 Å². The van der Waals surface area contributed by atoms with Gasteiger partial charge in [0, 0.05) is 17.8 Å². The zero-order chi connectivity index (χ0) is 8.97. The molecule has 0 unspecified atom stereocenters. The monoisotopic (exact) mass is 164 g/mol. The Hall–Kier alpha value is -1.38. The van der Waals surface area contributed by atoms with E-state index >= 15 is 0 Å². The highest BCUT2D eigenvalue weighted by molar-refractivity contribution is 5.73. The normalized spacial score (nSPS) is 11.2. The van der Waals surface area contributed by atoms with E-state index in [4.69, 9.17) is 0 Å². The second kappa shape index (κ2) is 3.85. The van der Waals surface area contributed by atoms with Crippen LogP contribution in [-0.2, 0) is 4.79 Å². The molecular formula is C9H12N2O. The number of allylic oxidation sites excluding steroid dienone is 1. The lowest BCUT2D eigenvalue weighted by Gasteiger charge is -2.02. The first-order chi connectivity index (χ1) is 5.74. The Balaban J connectivity index is 2.77. The Morgan fingerprint density at radius 2 is 2.33 bits per heavy atom. The van der Waals surface area contributed by atoms with Crippen molar-refractivity contribution in [1.29, 1.82) is 0 Å². The number of nitrogens with zero attached hydrogens (tertiary/aromatic N) is 2. The first kappa shape index (κ1) is 8.71. The van der Waals surface area contributed by atoms with Crippen molar-refractivity contribution < 1.29 is 4.79 Å². The summed E-state index contributed by atoms with van der Waals surface area (Å²) in [6, 6.07) is 0.364. The molecule has 0 aliphatic rings. The molecule has 0 bridgehead atoms. The van der Waals surface area contributed by atoms with Gasteiger partial charge < -0.3 is 0 Å². The fraction of sp³-hybridized carbons (Fsp3) is 0.333. The predicted octanol–water partition coefficient (Wildman–Crippen LogP) is 1.68.